The molecule has 0 atom stereocenters. The van der Waals surface area contributed by atoms with Crippen molar-refractivity contribution in [3.05, 3.63) is 48.2 Å². The number of likely N-dealkylation sites (N-methyl/N-ethyl adjacent to an activating group) is 1. The van der Waals surface area contributed by atoms with Crippen LogP contribution in [0.25, 0.3) is 0 Å². The maximum absolute atomic E-state index is 5.77. The molecule has 1 aliphatic heterocycles. The Balaban J connectivity index is 0.00000385. The van der Waals surface area contributed by atoms with Crippen molar-refractivity contribution in [3.63, 3.8) is 0 Å². The number of methoxy groups -OCH3 is 1. The van der Waals surface area contributed by atoms with Crippen molar-refractivity contribution in [1.29, 1.82) is 0 Å². The molecule has 1 saturated heterocycles. The van der Waals surface area contributed by atoms with Gasteiger partial charge in [-0.3, -0.25) is 4.99 Å². The number of pyridine rings is 1. The van der Waals surface area contributed by atoms with Crippen LogP contribution in [0.1, 0.15) is 18.9 Å². The van der Waals surface area contributed by atoms with Crippen molar-refractivity contribution in [1.82, 2.24) is 15.2 Å². The van der Waals surface area contributed by atoms with Crippen LogP contribution in [-0.2, 0) is 11.3 Å². The van der Waals surface area contributed by atoms with E-state index in [0.29, 0.717) is 25.7 Å². The first kappa shape index (κ1) is 27.1. The zero-order chi connectivity index (χ0) is 22.6. The number of guanidine groups is 1. The van der Waals surface area contributed by atoms with Crippen LogP contribution in [0.5, 0.6) is 5.75 Å². The Labute approximate surface area is 214 Å². The van der Waals surface area contributed by atoms with E-state index in [9.17, 15) is 0 Å². The van der Waals surface area contributed by atoms with Crippen molar-refractivity contribution in [3.8, 4) is 5.75 Å². The van der Waals surface area contributed by atoms with Gasteiger partial charge in [0.25, 0.3) is 0 Å². The van der Waals surface area contributed by atoms with Gasteiger partial charge in [-0.15, -0.1) is 24.0 Å². The van der Waals surface area contributed by atoms with E-state index in [2.05, 4.69) is 49.5 Å². The van der Waals surface area contributed by atoms with Gasteiger partial charge in [0.2, 0.25) is 0 Å². The Morgan fingerprint density at radius 1 is 1.12 bits per heavy atom. The summed E-state index contributed by atoms with van der Waals surface area (Å²) in [5.41, 5.74) is 2.03. The van der Waals surface area contributed by atoms with Crippen LogP contribution in [0.15, 0.2) is 47.6 Å². The third-order valence-corrected chi connectivity index (χ3v) is 5.49. The van der Waals surface area contributed by atoms with Gasteiger partial charge < -0.3 is 29.9 Å². The zero-order valence-corrected chi connectivity index (χ0v) is 22.2. The van der Waals surface area contributed by atoms with E-state index in [1.54, 1.807) is 14.2 Å². The number of hydrogen-bond donors (Lipinski definition) is 2. The summed E-state index contributed by atoms with van der Waals surface area (Å²) in [6.45, 7) is 9.56. The van der Waals surface area contributed by atoms with Crippen LogP contribution >= 0.6 is 24.0 Å². The molecule has 2 aromatic rings. The Morgan fingerprint density at radius 3 is 2.61 bits per heavy atom. The summed E-state index contributed by atoms with van der Waals surface area (Å²) in [5.74, 6) is 2.57. The summed E-state index contributed by atoms with van der Waals surface area (Å²) in [4.78, 5) is 13.8. The fraction of sp³-hybridized carbons (Fsp3) is 0.500. The highest BCUT2D eigenvalue weighted by atomic mass is 127. The van der Waals surface area contributed by atoms with E-state index < -0.39 is 0 Å². The Kier molecular flexibility index (Phi) is 12.3. The first-order chi connectivity index (χ1) is 15.7. The highest BCUT2D eigenvalue weighted by Crippen LogP contribution is 2.18. The number of ether oxygens (including phenoxy) is 2. The molecule has 1 aromatic carbocycles. The third-order valence-electron chi connectivity index (χ3n) is 5.49. The van der Waals surface area contributed by atoms with Gasteiger partial charge in [-0.25, -0.2) is 4.98 Å². The molecule has 0 radical (unpaired) electrons. The fourth-order valence-corrected chi connectivity index (χ4v) is 3.56. The molecule has 1 aromatic heterocycles. The molecular weight excluding hydrogens is 531 g/mol. The van der Waals surface area contributed by atoms with Gasteiger partial charge in [0.15, 0.2) is 5.96 Å². The van der Waals surface area contributed by atoms with Gasteiger partial charge in [0.1, 0.15) is 11.6 Å². The quantitative estimate of drug-likeness (QED) is 0.197. The first-order valence-electron chi connectivity index (χ1n) is 11.3. The van der Waals surface area contributed by atoms with E-state index in [4.69, 9.17) is 9.47 Å². The molecule has 0 bridgehead atoms. The van der Waals surface area contributed by atoms with Crippen molar-refractivity contribution in [2.24, 2.45) is 4.99 Å². The lowest BCUT2D eigenvalue weighted by Gasteiger charge is -2.34. The molecule has 9 heteroatoms. The molecule has 1 aliphatic rings. The molecule has 1 fully saturated rings. The van der Waals surface area contributed by atoms with Crippen molar-refractivity contribution in [2.75, 3.05) is 70.3 Å². The number of aliphatic imine (C=N–C) groups is 1. The molecule has 0 saturated carbocycles. The molecule has 8 nitrogen and oxygen atoms in total. The van der Waals surface area contributed by atoms with Crippen LogP contribution in [-0.4, -0.2) is 75.9 Å². The number of nitrogens with one attached hydrogen (secondary N) is 2. The minimum Gasteiger partial charge on any atom is -0.493 e. The van der Waals surface area contributed by atoms with Gasteiger partial charge in [0.05, 0.1) is 6.61 Å². The largest absolute Gasteiger partial charge is 0.493 e. The Morgan fingerprint density at radius 2 is 1.94 bits per heavy atom. The van der Waals surface area contributed by atoms with Crippen molar-refractivity contribution in [2.45, 2.75) is 19.9 Å². The van der Waals surface area contributed by atoms with Crippen molar-refractivity contribution >= 4 is 41.4 Å². The molecule has 3 rings (SSSR count). The minimum absolute atomic E-state index is 0. The molecule has 182 valence electrons. The number of halogens is 1. The zero-order valence-electron chi connectivity index (χ0n) is 19.9. The molecular formula is C24H37IN6O2. The van der Waals surface area contributed by atoms with E-state index in [0.717, 1.165) is 62.0 Å². The predicted molar refractivity (Wildman–Crippen MR) is 146 cm³/mol. The van der Waals surface area contributed by atoms with E-state index in [1.807, 2.05) is 30.5 Å². The number of rotatable bonds is 10. The predicted octanol–water partition coefficient (Wildman–Crippen LogP) is 3.44. The van der Waals surface area contributed by atoms with Crippen LogP contribution in [0.4, 0.5) is 11.5 Å². The van der Waals surface area contributed by atoms with Crippen LogP contribution in [0.2, 0.25) is 0 Å². The molecule has 0 spiro atoms. The Hall–Kier alpha value is -2.11. The number of benzene rings is 1. The second kappa shape index (κ2) is 14.9. The van der Waals surface area contributed by atoms with E-state index in [-0.39, 0.29) is 24.0 Å². The summed E-state index contributed by atoms with van der Waals surface area (Å²) >= 11 is 0. The highest BCUT2D eigenvalue weighted by Gasteiger charge is 2.16. The maximum Gasteiger partial charge on any atom is 0.195 e. The van der Waals surface area contributed by atoms with Crippen LogP contribution in [0, 0.1) is 0 Å². The summed E-state index contributed by atoms with van der Waals surface area (Å²) in [7, 11) is 3.46. The molecule has 0 amide bonds. The average molecular weight is 569 g/mol. The molecule has 0 aliphatic carbocycles. The number of anilines is 2. The summed E-state index contributed by atoms with van der Waals surface area (Å²) in [6.07, 6.45) is 2.80. The number of nitrogens with zero attached hydrogens (tertiary/aromatic N) is 4. The number of piperazine rings is 1. The second-order valence-corrected chi connectivity index (χ2v) is 7.72. The first-order valence-corrected chi connectivity index (χ1v) is 11.3. The smallest absolute Gasteiger partial charge is 0.195 e. The van der Waals surface area contributed by atoms with Gasteiger partial charge in [-0.2, -0.15) is 0 Å². The summed E-state index contributed by atoms with van der Waals surface area (Å²) in [5, 5.41) is 6.66. The van der Waals surface area contributed by atoms with Crippen LogP contribution < -0.4 is 20.3 Å². The molecule has 33 heavy (non-hydrogen) atoms. The number of hydrogen-bond acceptors (Lipinski definition) is 6. The second-order valence-electron chi connectivity index (χ2n) is 7.72. The molecule has 0 unspecified atom stereocenters. The van der Waals surface area contributed by atoms with Gasteiger partial charge in [-0.1, -0.05) is 19.1 Å². The average Bonchev–Trinajstić information content (AvgIpc) is 2.85. The summed E-state index contributed by atoms with van der Waals surface area (Å²) < 4.78 is 10.8. The standard InChI is InChI=1S/C24H36N6O2.HI/c1-4-29-11-13-30(14-12-29)23-10-9-20(18-26-23)19-27-24(25-2)28-21-7-5-8-22(17-21)32-16-6-15-31-3;/h5,7-10,17-18H,4,6,11-16,19H2,1-3H3,(H2,25,27,28);1H. The lowest BCUT2D eigenvalue weighted by atomic mass is 10.2. The SMILES string of the molecule is CCN1CCN(c2ccc(CNC(=NC)Nc3cccc(OCCCOC)c3)cn2)CC1.I. The maximum atomic E-state index is 5.77. The fourth-order valence-electron chi connectivity index (χ4n) is 3.56. The summed E-state index contributed by atoms with van der Waals surface area (Å²) in [6, 6.07) is 12.1. The Bertz CT molecular complexity index is 841. The highest BCUT2D eigenvalue weighted by molar-refractivity contribution is 14.0. The third kappa shape index (κ3) is 8.98. The van der Waals surface area contributed by atoms with Gasteiger partial charge in [0, 0.05) is 77.9 Å². The molecule has 2 N–H and O–H groups in total. The van der Waals surface area contributed by atoms with Crippen LogP contribution in [0.3, 0.4) is 0 Å². The van der Waals surface area contributed by atoms with Gasteiger partial charge >= 0.3 is 0 Å². The lowest BCUT2D eigenvalue weighted by molar-refractivity contribution is 0.172. The lowest BCUT2D eigenvalue weighted by Crippen LogP contribution is -2.46. The topological polar surface area (TPSA) is 74.2 Å². The van der Waals surface area contributed by atoms with E-state index in [1.165, 1.54) is 0 Å². The molecule has 2 heterocycles. The van der Waals surface area contributed by atoms with Crippen molar-refractivity contribution < 1.29 is 9.47 Å². The minimum atomic E-state index is 0. The number of aromatic nitrogens is 1. The normalized spacial score (nSPS) is 14.5. The van der Waals surface area contributed by atoms with Gasteiger partial charge in [-0.05, 0) is 30.3 Å². The monoisotopic (exact) mass is 568 g/mol. The van der Waals surface area contributed by atoms with E-state index >= 15 is 0 Å².